The third kappa shape index (κ3) is 2.77. The molecule has 1 aromatic carbocycles. The number of piperazine rings is 1. The largest absolute Gasteiger partial charge is 0.367 e. The van der Waals surface area contributed by atoms with Gasteiger partial charge in [0, 0.05) is 42.9 Å². The van der Waals surface area contributed by atoms with Crippen molar-refractivity contribution in [3.63, 3.8) is 0 Å². The predicted octanol–water partition coefficient (Wildman–Crippen LogP) is 4.07. The summed E-state index contributed by atoms with van der Waals surface area (Å²) < 4.78 is 13.7. The van der Waals surface area contributed by atoms with Crippen LogP contribution in [0.25, 0.3) is 10.9 Å². The molecule has 118 valence electrons. The van der Waals surface area contributed by atoms with Gasteiger partial charge in [0.15, 0.2) is 0 Å². The molecule has 2 aromatic heterocycles. The van der Waals surface area contributed by atoms with Gasteiger partial charge in [0.05, 0.1) is 10.5 Å². The maximum absolute atomic E-state index is 13.7. The second-order valence-corrected chi connectivity index (χ2v) is 6.80. The zero-order valence-corrected chi connectivity index (χ0v) is 13.8. The van der Waals surface area contributed by atoms with Crippen molar-refractivity contribution in [1.29, 1.82) is 0 Å². The Balaban J connectivity index is 1.64. The Morgan fingerprint density at radius 2 is 1.83 bits per heavy atom. The topological polar surface area (TPSA) is 19.4 Å². The summed E-state index contributed by atoms with van der Waals surface area (Å²) >= 11 is 1.78. The van der Waals surface area contributed by atoms with Crippen LogP contribution in [0.15, 0.2) is 41.8 Å². The highest BCUT2D eigenvalue weighted by Crippen LogP contribution is 2.30. The highest BCUT2D eigenvalue weighted by Gasteiger charge is 2.20. The first-order valence-corrected chi connectivity index (χ1v) is 8.69. The first kappa shape index (κ1) is 14.5. The molecule has 0 saturated carbocycles. The third-order valence-electron chi connectivity index (χ3n) is 4.32. The monoisotopic (exact) mass is 327 g/mol. The molecule has 1 saturated heterocycles. The lowest BCUT2D eigenvalue weighted by Gasteiger charge is -2.37. The summed E-state index contributed by atoms with van der Waals surface area (Å²) in [5.41, 5.74) is 2.93. The van der Waals surface area contributed by atoms with E-state index in [-0.39, 0.29) is 5.82 Å². The summed E-state index contributed by atoms with van der Waals surface area (Å²) in [6.45, 7) is 5.84. The third-order valence-corrected chi connectivity index (χ3v) is 5.24. The van der Waals surface area contributed by atoms with E-state index in [0.29, 0.717) is 0 Å². The fourth-order valence-corrected chi connectivity index (χ4v) is 3.97. The quantitative estimate of drug-likeness (QED) is 0.707. The molecular formula is C18H18FN3S. The SMILES string of the molecule is Cc1cc(N2CCN(c3cccs3)CC2)c2cc(F)ccc2n1. The summed E-state index contributed by atoms with van der Waals surface area (Å²) in [6.07, 6.45) is 0. The number of benzene rings is 1. The zero-order valence-electron chi connectivity index (χ0n) is 13.0. The van der Waals surface area contributed by atoms with E-state index in [2.05, 4.69) is 38.4 Å². The number of hydrogen-bond acceptors (Lipinski definition) is 4. The summed E-state index contributed by atoms with van der Waals surface area (Å²) in [5.74, 6) is -0.207. The van der Waals surface area contributed by atoms with Crippen LogP contribution in [0.2, 0.25) is 0 Å². The molecule has 3 nitrogen and oxygen atoms in total. The number of aryl methyl sites for hydroxylation is 1. The number of anilines is 2. The van der Waals surface area contributed by atoms with Crippen molar-refractivity contribution in [2.24, 2.45) is 0 Å². The highest BCUT2D eigenvalue weighted by atomic mass is 32.1. The first-order chi connectivity index (χ1) is 11.2. The molecule has 0 radical (unpaired) electrons. The minimum absolute atomic E-state index is 0.207. The molecule has 4 rings (SSSR count). The molecule has 0 amide bonds. The van der Waals surface area contributed by atoms with Crippen molar-refractivity contribution >= 4 is 32.9 Å². The van der Waals surface area contributed by atoms with E-state index in [1.54, 1.807) is 23.5 Å². The fourth-order valence-electron chi connectivity index (χ4n) is 3.19. The highest BCUT2D eigenvalue weighted by molar-refractivity contribution is 7.14. The predicted molar refractivity (Wildman–Crippen MR) is 95.2 cm³/mol. The van der Waals surface area contributed by atoms with Crippen LogP contribution in [0, 0.1) is 12.7 Å². The van der Waals surface area contributed by atoms with E-state index >= 15 is 0 Å². The zero-order chi connectivity index (χ0) is 15.8. The van der Waals surface area contributed by atoms with Gasteiger partial charge in [-0.1, -0.05) is 0 Å². The second-order valence-electron chi connectivity index (χ2n) is 5.87. The Morgan fingerprint density at radius 1 is 1.04 bits per heavy atom. The molecular weight excluding hydrogens is 309 g/mol. The summed E-state index contributed by atoms with van der Waals surface area (Å²) in [4.78, 5) is 9.29. The molecule has 5 heteroatoms. The maximum atomic E-state index is 13.7. The average molecular weight is 327 g/mol. The number of nitrogens with zero attached hydrogens (tertiary/aromatic N) is 3. The Hall–Kier alpha value is -2.14. The maximum Gasteiger partial charge on any atom is 0.124 e. The fraction of sp³-hybridized carbons (Fsp3) is 0.278. The van der Waals surface area contributed by atoms with Gasteiger partial charge in [-0.05, 0) is 48.7 Å². The lowest BCUT2D eigenvalue weighted by Crippen LogP contribution is -2.46. The van der Waals surface area contributed by atoms with Crippen LogP contribution in [0.1, 0.15) is 5.69 Å². The average Bonchev–Trinajstić information content (AvgIpc) is 3.09. The van der Waals surface area contributed by atoms with Crippen molar-refractivity contribution in [3.8, 4) is 0 Å². The lowest BCUT2D eigenvalue weighted by molar-refractivity contribution is 0.629. The summed E-state index contributed by atoms with van der Waals surface area (Å²) in [7, 11) is 0. The summed E-state index contributed by atoms with van der Waals surface area (Å²) in [5, 5.41) is 4.34. The van der Waals surface area contributed by atoms with Crippen LogP contribution in [0.4, 0.5) is 15.1 Å². The van der Waals surface area contributed by atoms with Crippen molar-refractivity contribution in [1.82, 2.24) is 4.98 Å². The molecule has 1 aliphatic rings. The van der Waals surface area contributed by atoms with Crippen molar-refractivity contribution in [3.05, 3.63) is 53.3 Å². The van der Waals surface area contributed by atoms with E-state index in [1.807, 2.05) is 6.92 Å². The Kier molecular flexibility index (Phi) is 3.65. The van der Waals surface area contributed by atoms with Gasteiger partial charge in [-0.15, -0.1) is 11.3 Å². The second kappa shape index (κ2) is 5.81. The minimum Gasteiger partial charge on any atom is -0.367 e. The summed E-state index contributed by atoms with van der Waals surface area (Å²) in [6, 6.07) is 11.2. The molecule has 1 aliphatic heterocycles. The molecule has 0 unspecified atom stereocenters. The molecule has 0 aliphatic carbocycles. The van der Waals surface area contributed by atoms with Crippen LogP contribution >= 0.6 is 11.3 Å². The molecule has 1 fully saturated rings. The van der Waals surface area contributed by atoms with E-state index in [4.69, 9.17) is 0 Å². The Bertz CT molecular complexity index is 824. The molecule has 0 bridgehead atoms. The number of aromatic nitrogens is 1. The molecule has 3 aromatic rings. The van der Waals surface area contributed by atoms with Crippen molar-refractivity contribution in [2.45, 2.75) is 6.92 Å². The van der Waals surface area contributed by atoms with Gasteiger partial charge in [-0.3, -0.25) is 4.98 Å². The van der Waals surface area contributed by atoms with Crippen LogP contribution < -0.4 is 9.80 Å². The van der Waals surface area contributed by atoms with Gasteiger partial charge in [0.2, 0.25) is 0 Å². The lowest BCUT2D eigenvalue weighted by atomic mass is 10.1. The number of pyridine rings is 1. The standard InChI is InChI=1S/C18H18FN3S/c1-13-11-17(15-12-14(19)4-5-16(15)20-13)21-6-8-22(9-7-21)18-3-2-10-23-18/h2-5,10-12H,6-9H2,1H3. The van der Waals surface area contributed by atoms with Gasteiger partial charge in [-0.2, -0.15) is 0 Å². The Morgan fingerprint density at radius 3 is 2.57 bits per heavy atom. The van der Waals surface area contributed by atoms with E-state index in [0.717, 1.165) is 48.5 Å². The van der Waals surface area contributed by atoms with E-state index in [9.17, 15) is 4.39 Å². The molecule has 3 heterocycles. The van der Waals surface area contributed by atoms with Gasteiger partial charge in [0.25, 0.3) is 0 Å². The number of hydrogen-bond donors (Lipinski definition) is 0. The van der Waals surface area contributed by atoms with Crippen LogP contribution in [0.3, 0.4) is 0 Å². The van der Waals surface area contributed by atoms with Crippen LogP contribution in [-0.2, 0) is 0 Å². The Labute approximate surface area is 139 Å². The number of thiophene rings is 1. The number of fused-ring (bicyclic) bond motifs is 1. The van der Waals surface area contributed by atoms with Gasteiger partial charge >= 0.3 is 0 Å². The molecule has 0 atom stereocenters. The van der Waals surface area contributed by atoms with Crippen LogP contribution in [0.5, 0.6) is 0 Å². The normalized spacial score (nSPS) is 15.4. The van der Waals surface area contributed by atoms with Gasteiger partial charge in [0.1, 0.15) is 5.82 Å². The van der Waals surface area contributed by atoms with E-state index < -0.39 is 0 Å². The first-order valence-electron chi connectivity index (χ1n) is 7.81. The van der Waals surface area contributed by atoms with Crippen molar-refractivity contribution in [2.75, 3.05) is 36.0 Å². The molecule has 0 spiro atoms. The smallest absolute Gasteiger partial charge is 0.124 e. The van der Waals surface area contributed by atoms with E-state index in [1.165, 1.54) is 11.1 Å². The number of rotatable bonds is 2. The minimum atomic E-state index is -0.207. The number of halogens is 1. The van der Waals surface area contributed by atoms with Crippen molar-refractivity contribution < 1.29 is 4.39 Å². The van der Waals surface area contributed by atoms with Gasteiger partial charge in [-0.25, -0.2) is 4.39 Å². The molecule has 23 heavy (non-hydrogen) atoms. The molecule has 0 N–H and O–H groups in total. The van der Waals surface area contributed by atoms with Gasteiger partial charge < -0.3 is 9.80 Å². The van der Waals surface area contributed by atoms with Crippen LogP contribution in [-0.4, -0.2) is 31.2 Å².